The van der Waals surface area contributed by atoms with Gasteiger partial charge in [-0.25, -0.2) is 9.48 Å². The van der Waals surface area contributed by atoms with E-state index in [-0.39, 0.29) is 36.2 Å². The zero-order chi connectivity index (χ0) is 35.4. The number of aromatic nitrogens is 6. The molecule has 0 saturated carbocycles. The van der Waals surface area contributed by atoms with Crippen molar-refractivity contribution in [1.29, 1.82) is 0 Å². The molecule has 4 amide bonds. The van der Waals surface area contributed by atoms with Crippen molar-refractivity contribution in [3.05, 3.63) is 78.4 Å². The summed E-state index contributed by atoms with van der Waals surface area (Å²) < 4.78 is 44.7. The number of anilines is 3. The van der Waals surface area contributed by atoms with Crippen molar-refractivity contribution in [2.75, 3.05) is 34.8 Å². The van der Waals surface area contributed by atoms with Gasteiger partial charge in [0, 0.05) is 62.8 Å². The third-order valence-corrected chi connectivity index (χ3v) is 8.83. The first-order chi connectivity index (χ1) is 23.8. The number of benzene rings is 2. The molecular formula is C34H31F3N10O3. The molecule has 0 spiro atoms. The molecule has 5 aromatic rings. The molecule has 2 aliphatic rings. The van der Waals surface area contributed by atoms with Gasteiger partial charge < -0.3 is 10.2 Å². The summed E-state index contributed by atoms with van der Waals surface area (Å²) in [7, 11) is 1.81. The van der Waals surface area contributed by atoms with Gasteiger partial charge in [0.1, 0.15) is 5.54 Å². The van der Waals surface area contributed by atoms with E-state index in [1.165, 1.54) is 32.7 Å². The third-order valence-electron chi connectivity index (χ3n) is 8.83. The number of urea groups is 1. The quantitative estimate of drug-likeness (QED) is 0.255. The summed E-state index contributed by atoms with van der Waals surface area (Å²) >= 11 is 0. The second-order valence-electron chi connectivity index (χ2n) is 12.6. The lowest BCUT2D eigenvalue weighted by Crippen LogP contribution is -2.49. The second-order valence-corrected chi connectivity index (χ2v) is 12.6. The minimum Gasteiger partial charge on any atom is -0.369 e. The van der Waals surface area contributed by atoms with Gasteiger partial charge >= 0.3 is 12.2 Å². The maximum atomic E-state index is 13.4. The molecule has 0 radical (unpaired) electrons. The number of aryl methyl sites for hydroxylation is 1. The van der Waals surface area contributed by atoms with E-state index >= 15 is 0 Å². The number of carbonyl (C=O) groups excluding carboxylic acids is 3. The van der Waals surface area contributed by atoms with E-state index in [1.807, 2.05) is 25.2 Å². The number of rotatable bonds is 6. The van der Waals surface area contributed by atoms with Crippen LogP contribution in [0.3, 0.4) is 0 Å². The molecule has 2 fully saturated rings. The van der Waals surface area contributed by atoms with Gasteiger partial charge in [0.15, 0.2) is 5.82 Å². The van der Waals surface area contributed by atoms with Crippen molar-refractivity contribution < 1.29 is 27.6 Å². The number of fused-ring (bicyclic) bond motifs is 1. The van der Waals surface area contributed by atoms with Crippen molar-refractivity contribution in [1.82, 2.24) is 34.7 Å². The summed E-state index contributed by atoms with van der Waals surface area (Å²) in [5, 5.41) is 18.8. The van der Waals surface area contributed by atoms with Gasteiger partial charge in [-0.15, -0.1) is 0 Å². The van der Waals surface area contributed by atoms with E-state index in [0.29, 0.717) is 24.5 Å². The second kappa shape index (κ2) is 12.1. The molecule has 2 N–H and O–H groups in total. The van der Waals surface area contributed by atoms with Crippen molar-refractivity contribution in [2.24, 2.45) is 13.0 Å². The van der Waals surface area contributed by atoms with Crippen LogP contribution < -0.4 is 20.4 Å². The van der Waals surface area contributed by atoms with Crippen LogP contribution in [-0.2, 0) is 28.4 Å². The molecular weight excluding hydrogens is 653 g/mol. The average Bonchev–Trinajstić information content (AvgIpc) is 3.82. The number of imide groups is 1. The molecule has 3 aromatic heterocycles. The lowest BCUT2D eigenvalue weighted by atomic mass is 9.99. The van der Waals surface area contributed by atoms with Crippen LogP contribution in [0.5, 0.6) is 0 Å². The van der Waals surface area contributed by atoms with E-state index in [9.17, 15) is 27.6 Å². The van der Waals surface area contributed by atoms with Gasteiger partial charge in [-0.1, -0.05) is 11.8 Å². The van der Waals surface area contributed by atoms with Crippen LogP contribution in [-0.4, -0.2) is 66.8 Å². The van der Waals surface area contributed by atoms with Crippen LogP contribution in [0.25, 0.3) is 16.6 Å². The topological polar surface area (TPSA) is 135 Å². The maximum Gasteiger partial charge on any atom is 0.416 e. The number of halogens is 3. The van der Waals surface area contributed by atoms with Crippen LogP contribution in [0.15, 0.2) is 67.3 Å². The summed E-state index contributed by atoms with van der Waals surface area (Å²) in [5.74, 6) is 6.23. The molecule has 0 aliphatic carbocycles. The van der Waals surface area contributed by atoms with Crippen molar-refractivity contribution in [3.63, 3.8) is 0 Å². The van der Waals surface area contributed by atoms with Crippen LogP contribution in [0.2, 0.25) is 0 Å². The Morgan fingerprint density at radius 3 is 2.60 bits per heavy atom. The van der Waals surface area contributed by atoms with Gasteiger partial charge in [-0.2, -0.15) is 28.5 Å². The number of carbonyl (C=O) groups is 3. The van der Waals surface area contributed by atoms with Gasteiger partial charge in [0.05, 0.1) is 40.1 Å². The van der Waals surface area contributed by atoms with Gasteiger partial charge in [-0.3, -0.25) is 29.2 Å². The zero-order valence-electron chi connectivity index (χ0n) is 27.2. The van der Waals surface area contributed by atoms with Crippen molar-refractivity contribution >= 4 is 45.9 Å². The first kappa shape index (κ1) is 32.4. The molecule has 50 heavy (non-hydrogen) atoms. The monoisotopic (exact) mass is 684 g/mol. The highest BCUT2D eigenvalue weighted by Crippen LogP contribution is 2.35. The lowest BCUT2D eigenvalue weighted by Gasteiger charge is -2.38. The Hall–Kier alpha value is -6.11. The summed E-state index contributed by atoms with van der Waals surface area (Å²) in [4.78, 5) is 41.1. The smallest absolute Gasteiger partial charge is 0.369 e. The minimum absolute atomic E-state index is 0.0748. The Labute approximate surface area is 283 Å². The first-order valence-electron chi connectivity index (χ1n) is 15.7. The molecule has 0 atom stereocenters. The molecule has 16 heteroatoms. The predicted molar refractivity (Wildman–Crippen MR) is 178 cm³/mol. The highest BCUT2D eigenvalue weighted by atomic mass is 19.4. The highest BCUT2D eigenvalue weighted by Gasteiger charge is 2.34. The molecule has 256 valence electrons. The molecule has 0 bridgehead atoms. The summed E-state index contributed by atoms with van der Waals surface area (Å²) in [6.07, 6.45) is 1.81. The Morgan fingerprint density at radius 2 is 1.88 bits per heavy atom. The minimum atomic E-state index is -4.56. The third kappa shape index (κ3) is 6.02. The number of hydrogen-bond acceptors (Lipinski definition) is 7. The standard InChI is InChI=1S/C34H31F3N10O3/c1-33(2,31(49)40-26-10-7-23(34(35,36)37)15-28(26)46-13-4-12-38-46)47-20-21(17-39-47)5-6-22-18-44(19-22)24-8-9-25-27(16-24)43(3)42-30(25)45-14-11-29(48)41-32(45)50/h4,7-10,12-13,15-17,20,22H,11,14,18-19H2,1-3H3,(H,40,49)(H,41,48,50). The number of alkyl halides is 3. The molecule has 13 nitrogen and oxygen atoms in total. The number of amides is 4. The number of nitrogens with zero attached hydrogens (tertiary/aromatic N) is 8. The molecule has 2 aromatic carbocycles. The van der Waals surface area contributed by atoms with Crippen molar-refractivity contribution in [3.8, 4) is 17.5 Å². The van der Waals surface area contributed by atoms with Gasteiger partial charge in [0.2, 0.25) is 5.91 Å². The maximum absolute atomic E-state index is 13.4. The summed E-state index contributed by atoms with van der Waals surface area (Å²) in [6, 6.07) is 10.1. The van der Waals surface area contributed by atoms with Crippen LogP contribution in [0.4, 0.5) is 35.2 Å². The Bertz CT molecular complexity index is 2200. The fraction of sp³-hybridized carbons (Fsp3) is 0.294. The SMILES string of the molecule is Cn1nc(N2CCC(=O)NC2=O)c2ccc(N3CC(C#Cc4cnn(C(C)(C)C(=O)Nc5ccc(C(F)(F)F)cc5-n5cccn5)c4)C3)cc21. The molecule has 5 heterocycles. The van der Waals surface area contributed by atoms with E-state index in [2.05, 4.69) is 42.7 Å². The molecule has 0 unspecified atom stereocenters. The Balaban J connectivity index is 1.00. The number of hydrogen-bond donors (Lipinski definition) is 2. The average molecular weight is 685 g/mol. The van der Waals surface area contributed by atoms with E-state index in [0.717, 1.165) is 28.7 Å². The molecule has 7 rings (SSSR count). The Kier molecular flexibility index (Phi) is 7.85. The van der Waals surface area contributed by atoms with Gasteiger partial charge in [-0.05, 0) is 56.3 Å². The van der Waals surface area contributed by atoms with Crippen LogP contribution in [0, 0.1) is 17.8 Å². The van der Waals surface area contributed by atoms with E-state index in [4.69, 9.17) is 0 Å². The highest BCUT2D eigenvalue weighted by molar-refractivity contribution is 6.09. The number of nitrogens with one attached hydrogen (secondary N) is 2. The predicted octanol–water partition coefficient (Wildman–Crippen LogP) is 4.28. The fourth-order valence-electron chi connectivity index (χ4n) is 5.84. The van der Waals surface area contributed by atoms with E-state index < -0.39 is 29.2 Å². The van der Waals surface area contributed by atoms with Gasteiger partial charge in [0.25, 0.3) is 5.91 Å². The summed E-state index contributed by atoms with van der Waals surface area (Å²) in [5.41, 5.74) is 0.625. The van der Waals surface area contributed by atoms with E-state index in [1.54, 1.807) is 37.0 Å². The molecule has 2 saturated heterocycles. The molecule has 2 aliphatic heterocycles. The normalized spacial score (nSPS) is 15.5. The summed E-state index contributed by atoms with van der Waals surface area (Å²) in [6.45, 7) is 4.97. The van der Waals surface area contributed by atoms with Crippen LogP contribution in [0.1, 0.15) is 31.4 Å². The zero-order valence-corrected chi connectivity index (χ0v) is 27.2. The lowest BCUT2D eigenvalue weighted by molar-refractivity contribution is -0.137. The largest absolute Gasteiger partial charge is 0.416 e. The van der Waals surface area contributed by atoms with Crippen LogP contribution >= 0.6 is 0 Å². The Morgan fingerprint density at radius 1 is 1.08 bits per heavy atom. The first-order valence-corrected chi connectivity index (χ1v) is 15.7. The van der Waals surface area contributed by atoms with Crippen molar-refractivity contribution in [2.45, 2.75) is 32.0 Å². The fourth-order valence-corrected chi connectivity index (χ4v) is 5.84.